The van der Waals surface area contributed by atoms with Crippen molar-refractivity contribution in [3.8, 4) is 5.75 Å². The maximum atomic E-state index is 12.0. The van der Waals surface area contributed by atoms with E-state index in [9.17, 15) is 31.7 Å². The van der Waals surface area contributed by atoms with Gasteiger partial charge in [0.15, 0.2) is 0 Å². The molecule has 0 atom stereocenters. The summed E-state index contributed by atoms with van der Waals surface area (Å²) in [6.07, 6.45) is 0. The Kier molecular flexibility index (Phi) is 3.51. The van der Waals surface area contributed by atoms with Gasteiger partial charge >= 0.3 is 15.6 Å². The predicted molar refractivity (Wildman–Crippen MR) is 53.4 cm³/mol. The van der Waals surface area contributed by atoms with Crippen LogP contribution in [-0.2, 0) is 10.1 Å². The van der Waals surface area contributed by atoms with Gasteiger partial charge in [-0.25, -0.2) is 0 Å². The maximum Gasteiger partial charge on any atom is 0.534 e. The number of aryl methyl sites for hydroxylation is 1. The minimum atomic E-state index is -5.77. The molecule has 0 aromatic heterocycles. The molecule has 0 saturated carbocycles. The van der Waals surface area contributed by atoms with E-state index in [1.807, 2.05) is 0 Å². The van der Waals surface area contributed by atoms with Crippen molar-refractivity contribution in [3.63, 3.8) is 0 Å². The molecule has 0 bridgehead atoms. The van der Waals surface area contributed by atoms with Gasteiger partial charge in [-0.3, -0.25) is 10.1 Å². The lowest BCUT2D eigenvalue weighted by Gasteiger charge is -2.09. The first-order valence-electron chi connectivity index (χ1n) is 4.30. The van der Waals surface area contributed by atoms with Gasteiger partial charge in [-0.2, -0.15) is 21.6 Å². The minimum absolute atomic E-state index is 0.0186. The van der Waals surface area contributed by atoms with Crippen LogP contribution in [0.4, 0.5) is 18.9 Å². The van der Waals surface area contributed by atoms with Crippen LogP contribution in [0.5, 0.6) is 5.75 Å². The summed E-state index contributed by atoms with van der Waals surface area (Å²) in [5.41, 5.74) is -5.93. The standard InChI is InChI=1S/C8H6F3NO5S/c1-5-4-6(2-3-7(5)12(13)14)17-18(15,16)8(9,10)11/h2-4H,1H3. The summed E-state index contributed by atoms with van der Waals surface area (Å²) < 4.78 is 61.2. The first kappa shape index (κ1) is 14.2. The van der Waals surface area contributed by atoms with Crippen LogP contribution >= 0.6 is 0 Å². The predicted octanol–water partition coefficient (Wildman–Crippen LogP) is 2.13. The lowest BCUT2D eigenvalue weighted by atomic mass is 10.2. The molecule has 1 aromatic carbocycles. The second kappa shape index (κ2) is 4.44. The van der Waals surface area contributed by atoms with Gasteiger partial charge in [0.1, 0.15) is 5.75 Å². The molecule has 1 aromatic rings. The van der Waals surface area contributed by atoms with Crippen molar-refractivity contribution in [2.24, 2.45) is 0 Å². The number of nitro benzene ring substituents is 1. The van der Waals surface area contributed by atoms with Gasteiger partial charge in [0.25, 0.3) is 5.69 Å². The zero-order valence-electron chi connectivity index (χ0n) is 8.76. The molecule has 0 saturated heterocycles. The second-order valence-electron chi connectivity index (χ2n) is 3.19. The SMILES string of the molecule is Cc1cc(OS(=O)(=O)C(F)(F)F)ccc1[N+](=O)[O-]. The topological polar surface area (TPSA) is 86.5 Å². The van der Waals surface area contributed by atoms with Crippen LogP contribution in [0.1, 0.15) is 5.56 Å². The third kappa shape index (κ3) is 2.88. The Morgan fingerprint density at radius 1 is 1.33 bits per heavy atom. The number of hydrogen-bond acceptors (Lipinski definition) is 5. The van der Waals surface area contributed by atoms with Crippen molar-refractivity contribution in [1.82, 2.24) is 0 Å². The molecule has 0 aliphatic rings. The highest BCUT2D eigenvalue weighted by molar-refractivity contribution is 7.87. The van der Waals surface area contributed by atoms with Gasteiger partial charge < -0.3 is 4.18 Å². The van der Waals surface area contributed by atoms with E-state index in [4.69, 9.17) is 0 Å². The van der Waals surface area contributed by atoms with Gasteiger partial charge in [0, 0.05) is 11.6 Å². The highest BCUT2D eigenvalue weighted by atomic mass is 32.2. The van der Waals surface area contributed by atoms with Crippen molar-refractivity contribution in [2.45, 2.75) is 12.4 Å². The van der Waals surface area contributed by atoms with E-state index in [1.54, 1.807) is 0 Å². The average molecular weight is 285 g/mol. The summed E-state index contributed by atoms with van der Waals surface area (Å²) in [6.45, 7) is 1.24. The van der Waals surface area contributed by atoms with Crippen molar-refractivity contribution >= 4 is 15.8 Å². The summed E-state index contributed by atoms with van der Waals surface area (Å²) in [6, 6.07) is 2.46. The Bertz CT molecular complexity index is 581. The number of halogens is 3. The molecule has 0 unspecified atom stereocenters. The molecule has 10 heteroatoms. The molecule has 1 rings (SSSR count). The second-order valence-corrected chi connectivity index (χ2v) is 4.73. The molecule has 0 amide bonds. The van der Waals surface area contributed by atoms with Crippen LogP contribution in [0.3, 0.4) is 0 Å². The number of alkyl halides is 3. The van der Waals surface area contributed by atoms with Crippen molar-refractivity contribution < 1.29 is 30.7 Å². The zero-order chi connectivity index (χ0) is 14.1. The van der Waals surface area contributed by atoms with Crippen LogP contribution in [0.2, 0.25) is 0 Å². The van der Waals surface area contributed by atoms with Gasteiger partial charge in [-0.05, 0) is 19.1 Å². The normalized spacial score (nSPS) is 12.2. The largest absolute Gasteiger partial charge is 0.534 e. The fourth-order valence-electron chi connectivity index (χ4n) is 1.06. The van der Waals surface area contributed by atoms with E-state index >= 15 is 0 Å². The molecule has 0 spiro atoms. The number of hydrogen-bond donors (Lipinski definition) is 0. The van der Waals surface area contributed by atoms with Crippen LogP contribution in [0, 0.1) is 17.0 Å². The Morgan fingerprint density at radius 3 is 2.28 bits per heavy atom. The van der Waals surface area contributed by atoms with E-state index < -0.39 is 26.3 Å². The van der Waals surface area contributed by atoms with E-state index in [-0.39, 0.29) is 11.3 Å². The van der Waals surface area contributed by atoms with E-state index in [1.165, 1.54) is 6.92 Å². The zero-order valence-corrected chi connectivity index (χ0v) is 9.58. The summed E-state index contributed by atoms with van der Waals surface area (Å²) in [5.74, 6) is -0.643. The Morgan fingerprint density at radius 2 is 1.89 bits per heavy atom. The van der Waals surface area contributed by atoms with Crippen LogP contribution < -0.4 is 4.18 Å². The molecular weight excluding hydrogens is 279 g/mol. The lowest BCUT2D eigenvalue weighted by Crippen LogP contribution is -2.28. The monoisotopic (exact) mass is 285 g/mol. The van der Waals surface area contributed by atoms with E-state index in [2.05, 4.69) is 4.18 Å². The molecule has 0 fully saturated rings. The first-order valence-corrected chi connectivity index (χ1v) is 5.71. The smallest absolute Gasteiger partial charge is 0.376 e. The number of nitro groups is 1. The average Bonchev–Trinajstić information content (AvgIpc) is 2.14. The third-order valence-corrected chi connectivity index (χ3v) is 2.83. The summed E-state index contributed by atoms with van der Waals surface area (Å²) in [4.78, 5) is 9.69. The summed E-state index contributed by atoms with van der Waals surface area (Å²) >= 11 is 0. The molecule has 100 valence electrons. The van der Waals surface area contributed by atoms with Crippen LogP contribution in [-0.4, -0.2) is 18.8 Å². The first-order chi connectivity index (χ1) is 8.04. The molecular formula is C8H6F3NO5S. The van der Waals surface area contributed by atoms with Gasteiger partial charge in [0.2, 0.25) is 0 Å². The van der Waals surface area contributed by atoms with Crippen LogP contribution in [0.25, 0.3) is 0 Å². The Labute approximate surface area is 99.3 Å². The van der Waals surface area contributed by atoms with Crippen LogP contribution in [0.15, 0.2) is 18.2 Å². The fraction of sp³-hybridized carbons (Fsp3) is 0.250. The molecule has 0 radical (unpaired) electrons. The fourth-order valence-corrected chi connectivity index (χ4v) is 1.51. The Balaban J connectivity index is 3.09. The molecule has 0 N–H and O–H groups in total. The minimum Gasteiger partial charge on any atom is -0.376 e. The molecule has 6 nitrogen and oxygen atoms in total. The number of rotatable bonds is 3. The quantitative estimate of drug-likeness (QED) is 0.367. The number of nitrogens with zero attached hydrogens (tertiary/aromatic N) is 1. The van der Waals surface area contributed by atoms with Crippen molar-refractivity contribution in [2.75, 3.05) is 0 Å². The van der Waals surface area contributed by atoms with Gasteiger partial charge in [-0.1, -0.05) is 0 Å². The molecule has 0 heterocycles. The van der Waals surface area contributed by atoms with E-state index in [0.717, 1.165) is 18.2 Å². The summed E-state index contributed by atoms with van der Waals surface area (Å²) in [5, 5.41) is 10.4. The molecule has 0 aliphatic heterocycles. The lowest BCUT2D eigenvalue weighted by molar-refractivity contribution is -0.385. The third-order valence-electron chi connectivity index (χ3n) is 1.85. The maximum absolute atomic E-state index is 12.0. The summed E-state index contributed by atoms with van der Waals surface area (Å²) in [7, 11) is -5.77. The molecule has 0 aliphatic carbocycles. The highest BCUT2D eigenvalue weighted by Gasteiger charge is 2.48. The van der Waals surface area contributed by atoms with Crippen molar-refractivity contribution in [1.29, 1.82) is 0 Å². The molecule has 18 heavy (non-hydrogen) atoms. The number of benzene rings is 1. The highest BCUT2D eigenvalue weighted by Crippen LogP contribution is 2.29. The van der Waals surface area contributed by atoms with Crippen molar-refractivity contribution in [3.05, 3.63) is 33.9 Å². The van der Waals surface area contributed by atoms with Gasteiger partial charge in [0.05, 0.1) is 4.92 Å². The van der Waals surface area contributed by atoms with E-state index in [0.29, 0.717) is 0 Å². The Hall–Kier alpha value is -1.84. The van der Waals surface area contributed by atoms with Gasteiger partial charge in [-0.15, -0.1) is 0 Å².